The molecule has 0 bridgehead atoms. The SMILES string of the molecule is CC(C)c1c(C(C)C)c(-c2ccccc2)c2c(cc3c4c(cccc42)C2=C3CCC=C2)c1-c1ccccc1. The van der Waals surface area contributed by atoms with Crippen LogP contribution in [0.5, 0.6) is 0 Å². The summed E-state index contributed by atoms with van der Waals surface area (Å²) in [4.78, 5) is 0. The van der Waals surface area contributed by atoms with Gasteiger partial charge in [0.2, 0.25) is 0 Å². The molecule has 0 fully saturated rings. The lowest BCUT2D eigenvalue weighted by Crippen LogP contribution is -2.07. The first-order valence-electron chi connectivity index (χ1n) is 14.2. The summed E-state index contributed by atoms with van der Waals surface area (Å²) < 4.78 is 0. The van der Waals surface area contributed by atoms with Crippen molar-refractivity contribution in [1.82, 2.24) is 0 Å². The van der Waals surface area contributed by atoms with Crippen LogP contribution in [-0.2, 0) is 0 Å². The van der Waals surface area contributed by atoms with Gasteiger partial charge in [0.05, 0.1) is 0 Å². The minimum atomic E-state index is 0.395. The molecule has 38 heavy (non-hydrogen) atoms. The van der Waals surface area contributed by atoms with Crippen molar-refractivity contribution in [3.05, 3.63) is 119 Å². The molecule has 2 aliphatic rings. The lowest BCUT2D eigenvalue weighted by atomic mass is 9.75. The van der Waals surface area contributed by atoms with Crippen LogP contribution < -0.4 is 0 Å². The average molecular weight is 491 g/mol. The molecule has 0 amide bonds. The van der Waals surface area contributed by atoms with E-state index in [-0.39, 0.29) is 0 Å². The number of fused-ring (bicyclic) bond motifs is 4. The molecule has 5 aromatic rings. The van der Waals surface area contributed by atoms with Crippen molar-refractivity contribution in [2.75, 3.05) is 0 Å². The second-order valence-corrected chi connectivity index (χ2v) is 11.5. The summed E-state index contributed by atoms with van der Waals surface area (Å²) in [7, 11) is 0. The van der Waals surface area contributed by atoms with E-state index in [0.717, 1.165) is 12.8 Å². The number of hydrogen-bond donors (Lipinski definition) is 0. The van der Waals surface area contributed by atoms with Crippen LogP contribution in [0, 0.1) is 0 Å². The van der Waals surface area contributed by atoms with Gasteiger partial charge in [-0.1, -0.05) is 119 Å². The fraction of sp³-hybridized carbons (Fsp3) is 0.211. The molecule has 0 nitrogen and oxygen atoms in total. The quantitative estimate of drug-likeness (QED) is 0.220. The van der Waals surface area contributed by atoms with Gasteiger partial charge in [-0.3, -0.25) is 0 Å². The van der Waals surface area contributed by atoms with E-state index in [4.69, 9.17) is 0 Å². The van der Waals surface area contributed by atoms with Crippen LogP contribution in [0.25, 0.3) is 54.9 Å². The molecule has 0 aromatic heterocycles. The molecule has 0 spiro atoms. The van der Waals surface area contributed by atoms with Crippen LogP contribution in [0.4, 0.5) is 0 Å². The van der Waals surface area contributed by atoms with Crippen molar-refractivity contribution in [2.45, 2.75) is 52.4 Å². The van der Waals surface area contributed by atoms with Crippen molar-refractivity contribution >= 4 is 32.7 Å². The topological polar surface area (TPSA) is 0 Å². The normalized spacial score (nSPS) is 14.4. The zero-order valence-corrected chi connectivity index (χ0v) is 22.8. The second-order valence-electron chi connectivity index (χ2n) is 11.5. The van der Waals surface area contributed by atoms with E-state index in [2.05, 4.69) is 125 Å². The Morgan fingerprint density at radius 3 is 1.87 bits per heavy atom. The molecule has 2 aliphatic carbocycles. The smallest absolute Gasteiger partial charge is 0.00168 e. The lowest BCUT2D eigenvalue weighted by molar-refractivity contribution is 0.796. The van der Waals surface area contributed by atoms with E-state index < -0.39 is 0 Å². The molecule has 186 valence electrons. The Kier molecular flexibility index (Phi) is 5.41. The van der Waals surface area contributed by atoms with Crippen molar-refractivity contribution in [3.8, 4) is 22.3 Å². The molecular formula is C38H34. The van der Waals surface area contributed by atoms with Gasteiger partial charge < -0.3 is 0 Å². The summed E-state index contributed by atoms with van der Waals surface area (Å²) in [6.07, 6.45) is 6.96. The Bertz CT molecular complexity index is 1780. The van der Waals surface area contributed by atoms with Crippen LogP contribution in [-0.4, -0.2) is 0 Å². The van der Waals surface area contributed by atoms with Crippen LogP contribution in [0.1, 0.15) is 74.6 Å². The molecule has 0 saturated heterocycles. The highest BCUT2D eigenvalue weighted by Crippen LogP contribution is 2.54. The largest absolute Gasteiger partial charge is 0.0836 e. The van der Waals surface area contributed by atoms with Gasteiger partial charge in [-0.05, 0) is 108 Å². The van der Waals surface area contributed by atoms with Gasteiger partial charge in [0.15, 0.2) is 0 Å². The second kappa shape index (κ2) is 8.84. The maximum absolute atomic E-state index is 2.56. The molecular weight excluding hydrogens is 456 g/mol. The van der Waals surface area contributed by atoms with E-state index >= 15 is 0 Å². The van der Waals surface area contributed by atoms with E-state index in [1.165, 1.54) is 77.2 Å². The van der Waals surface area contributed by atoms with Crippen molar-refractivity contribution in [2.24, 2.45) is 0 Å². The molecule has 0 unspecified atom stereocenters. The summed E-state index contributed by atoms with van der Waals surface area (Å²) in [5.41, 5.74) is 14.3. The Labute approximate surface area is 226 Å². The highest BCUT2D eigenvalue weighted by Gasteiger charge is 2.30. The van der Waals surface area contributed by atoms with Crippen LogP contribution >= 0.6 is 0 Å². The molecule has 0 N–H and O–H groups in total. The molecule has 0 heterocycles. The standard InChI is InChI=1S/C38H34/c1-23(2)33-34(24(3)4)36(26-16-9-6-10-17-26)38-30-21-13-20-29-27-18-11-12-19-28(27)31(37(29)30)22-32(38)35(33)25-14-7-5-8-15-25/h5-11,13-18,20-24H,12,19H2,1-4H3. The minimum Gasteiger partial charge on any atom is -0.0836 e. The van der Waals surface area contributed by atoms with E-state index in [9.17, 15) is 0 Å². The number of benzene rings is 5. The molecule has 0 heteroatoms. The van der Waals surface area contributed by atoms with Crippen LogP contribution in [0.15, 0.2) is 97.1 Å². The van der Waals surface area contributed by atoms with Gasteiger partial charge in [-0.25, -0.2) is 0 Å². The summed E-state index contributed by atoms with van der Waals surface area (Å²) in [5.74, 6) is 0.796. The van der Waals surface area contributed by atoms with E-state index in [1.54, 1.807) is 0 Å². The summed E-state index contributed by atoms with van der Waals surface area (Å²) in [5, 5.41) is 5.64. The van der Waals surface area contributed by atoms with Crippen molar-refractivity contribution in [1.29, 1.82) is 0 Å². The molecule has 0 radical (unpaired) electrons. The van der Waals surface area contributed by atoms with Crippen molar-refractivity contribution < 1.29 is 0 Å². The maximum Gasteiger partial charge on any atom is -0.00168 e. The number of hydrogen-bond acceptors (Lipinski definition) is 0. The first-order valence-corrected chi connectivity index (χ1v) is 14.2. The Balaban J connectivity index is 1.78. The fourth-order valence-electron chi connectivity index (χ4n) is 7.18. The molecule has 0 aliphatic heterocycles. The third kappa shape index (κ3) is 3.29. The predicted octanol–water partition coefficient (Wildman–Crippen LogP) is 11.1. The molecule has 5 aromatic carbocycles. The molecule has 7 rings (SSSR count). The van der Waals surface area contributed by atoms with Gasteiger partial charge in [0.1, 0.15) is 0 Å². The third-order valence-electron chi connectivity index (χ3n) is 8.57. The lowest BCUT2D eigenvalue weighted by Gasteiger charge is -2.28. The van der Waals surface area contributed by atoms with Crippen LogP contribution in [0.3, 0.4) is 0 Å². The van der Waals surface area contributed by atoms with Gasteiger partial charge in [-0.15, -0.1) is 0 Å². The first kappa shape index (κ1) is 23.2. The Morgan fingerprint density at radius 2 is 1.21 bits per heavy atom. The highest BCUT2D eigenvalue weighted by atomic mass is 14.3. The number of allylic oxidation sites excluding steroid dienone is 4. The van der Waals surface area contributed by atoms with E-state index in [0.29, 0.717) is 11.8 Å². The third-order valence-corrected chi connectivity index (χ3v) is 8.57. The molecule has 0 atom stereocenters. The monoisotopic (exact) mass is 490 g/mol. The summed E-state index contributed by atoms with van der Waals surface area (Å²) in [6, 6.07) is 31.8. The van der Waals surface area contributed by atoms with Gasteiger partial charge in [0.25, 0.3) is 0 Å². The highest BCUT2D eigenvalue weighted by molar-refractivity contribution is 6.27. The average Bonchev–Trinajstić information content (AvgIpc) is 3.27. The summed E-state index contributed by atoms with van der Waals surface area (Å²) in [6.45, 7) is 9.50. The van der Waals surface area contributed by atoms with Gasteiger partial charge in [0, 0.05) is 0 Å². The fourth-order valence-corrected chi connectivity index (χ4v) is 7.18. The maximum atomic E-state index is 2.56. The Morgan fingerprint density at radius 1 is 0.579 bits per heavy atom. The van der Waals surface area contributed by atoms with Gasteiger partial charge >= 0.3 is 0 Å². The van der Waals surface area contributed by atoms with Crippen LogP contribution in [0.2, 0.25) is 0 Å². The zero-order chi connectivity index (χ0) is 26.0. The summed E-state index contributed by atoms with van der Waals surface area (Å²) >= 11 is 0. The first-order chi connectivity index (χ1) is 18.6. The molecule has 0 saturated carbocycles. The van der Waals surface area contributed by atoms with E-state index in [1.807, 2.05) is 0 Å². The zero-order valence-electron chi connectivity index (χ0n) is 22.8. The Hall–Kier alpha value is -3.90. The van der Waals surface area contributed by atoms with Gasteiger partial charge in [-0.2, -0.15) is 0 Å². The van der Waals surface area contributed by atoms with Crippen molar-refractivity contribution in [3.63, 3.8) is 0 Å². The number of rotatable bonds is 4. The predicted molar refractivity (Wildman–Crippen MR) is 166 cm³/mol. The minimum absolute atomic E-state index is 0.395.